The second-order valence-corrected chi connectivity index (χ2v) is 3.61. The molecule has 0 amide bonds. The Hall–Kier alpha value is -0.700. The molecular weight excluding hydrogens is 176 g/mol. The Morgan fingerprint density at radius 3 is 2.67 bits per heavy atom. The number of rotatable bonds is 0. The Kier molecular flexibility index (Phi) is 1.58. The topological polar surface area (TPSA) is 48.6 Å². The number of halogens is 1. The molecule has 0 radical (unpaired) electrons. The molecule has 12 heavy (non-hydrogen) atoms. The number of nitrogens with one attached hydrogen (secondary N) is 2. The molecule has 0 aromatic carbocycles. The maximum atomic E-state index is 11.2. The smallest absolute Gasteiger partial charge is 0.267 e. The van der Waals surface area contributed by atoms with E-state index in [1.165, 1.54) is 25.0 Å². The van der Waals surface area contributed by atoms with E-state index in [2.05, 4.69) is 10.2 Å². The summed E-state index contributed by atoms with van der Waals surface area (Å²) < 4.78 is 0. The van der Waals surface area contributed by atoms with Crippen molar-refractivity contribution in [2.45, 2.75) is 31.1 Å². The van der Waals surface area contributed by atoms with E-state index in [0.29, 0.717) is 11.8 Å². The van der Waals surface area contributed by atoms with Gasteiger partial charge in [0.1, 0.15) is 0 Å². The summed E-state index contributed by atoms with van der Waals surface area (Å²) in [7, 11) is 0. The first-order valence-electron chi connectivity index (χ1n) is 4.16. The van der Waals surface area contributed by atoms with Crippen molar-refractivity contribution in [3.05, 3.63) is 21.6 Å². The van der Waals surface area contributed by atoms with Crippen LogP contribution in [0, 0.1) is 0 Å². The van der Waals surface area contributed by atoms with Crippen molar-refractivity contribution in [2.24, 2.45) is 0 Å². The van der Waals surface area contributed by atoms with Crippen molar-refractivity contribution in [1.82, 2.24) is 10.2 Å². The summed E-state index contributed by atoms with van der Waals surface area (Å²) in [6.07, 6.45) is 3.70. The van der Waals surface area contributed by atoms with Gasteiger partial charge in [0.05, 0.1) is 0 Å². The molecule has 1 aromatic heterocycles. The van der Waals surface area contributed by atoms with E-state index in [9.17, 15) is 4.79 Å². The van der Waals surface area contributed by atoms with Gasteiger partial charge in [-0.2, -0.15) is 0 Å². The van der Waals surface area contributed by atoms with Crippen LogP contribution in [0.2, 0.25) is 0 Å². The van der Waals surface area contributed by atoms with Gasteiger partial charge < -0.3 is 5.10 Å². The number of hydrogen-bond acceptors (Lipinski definition) is 1. The molecule has 0 aliphatic heterocycles. The fourth-order valence-corrected chi connectivity index (χ4v) is 2.61. The van der Waals surface area contributed by atoms with Gasteiger partial charge in [-0.05, 0) is 25.2 Å². The van der Waals surface area contributed by atoms with Gasteiger partial charge in [-0.25, -0.2) is 0 Å². The third-order valence-corrected chi connectivity index (χ3v) is 3.09. The molecule has 2 bridgehead atoms. The molecule has 0 saturated heterocycles. The normalized spacial score (nSPS) is 30.0. The predicted molar refractivity (Wildman–Crippen MR) is 48.0 cm³/mol. The van der Waals surface area contributed by atoms with Gasteiger partial charge in [0, 0.05) is 17.2 Å². The zero-order valence-electron chi connectivity index (χ0n) is 6.59. The van der Waals surface area contributed by atoms with Crippen molar-refractivity contribution in [1.29, 1.82) is 0 Å². The molecule has 1 aromatic rings. The molecule has 2 atom stereocenters. The molecule has 3 nitrogen and oxygen atoms in total. The third-order valence-electron chi connectivity index (χ3n) is 3.09. The lowest BCUT2D eigenvalue weighted by molar-refractivity contribution is 0.700. The molecule has 2 N–H and O–H groups in total. The molecule has 0 spiro atoms. The second kappa shape index (κ2) is 2.39. The number of aromatic amines is 2. The highest BCUT2D eigenvalue weighted by atomic mass is 35.5. The molecule has 3 rings (SSSR count). The zero-order chi connectivity index (χ0) is 7.42. The molecule has 1 fully saturated rings. The van der Waals surface area contributed by atoms with Crippen LogP contribution in [0.5, 0.6) is 0 Å². The SMILES string of the molecule is Cl.O=c1[nH][nH]c2c1C1CCC2C1. The maximum Gasteiger partial charge on any atom is 0.267 e. The summed E-state index contributed by atoms with van der Waals surface area (Å²) in [6.45, 7) is 0. The van der Waals surface area contributed by atoms with E-state index in [1.807, 2.05) is 0 Å². The summed E-state index contributed by atoms with van der Waals surface area (Å²) in [5, 5.41) is 5.64. The number of H-pyrrole nitrogens is 2. The first-order valence-corrected chi connectivity index (χ1v) is 4.16. The van der Waals surface area contributed by atoms with Crippen molar-refractivity contribution in [3.63, 3.8) is 0 Å². The molecule has 1 saturated carbocycles. The summed E-state index contributed by atoms with van der Waals surface area (Å²) in [5.74, 6) is 1.24. The molecule has 2 aliphatic carbocycles. The van der Waals surface area contributed by atoms with E-state index in [1.54, 1.807) is 0 Å². The first-order chi connectivity index (χ1) is 5.36. The Balaban J connectivity index is 0.000000563. The van der Waals surface area contributed by atoms with Crippen LogP contribution in [0.3, 0.4) is 0 Å². The minimum atomic E-state index is 0. The lowest BCUT2D eigenvalue weighted by atomic mass is 9.98. The number of hydrogen-bond donors (Lipinski definition) is 2. The highest BCUT2D eigenvalue weighted by Crippen LogP contribution is 2.50. The van der Waals surface area contributed by atoms with Crippen LogP contribution in [-0.4, -0.2) is 10.2 Å². The largest absolute Gasteiger partial charge is 0.302 e. The predicted octanol–water partition coefficient (Wildman–Crippen LogP) is 1.49. The Morgan fingerprint density at radius 1 is 1.17 bits per heavy atom. The quantitative estimate of drug-likeness (QED) is 0.634. The van der Waals surface area contributed by atoms with E-state index in [4.69, 9.17) is 0 Å². The number of fused-ring (bicyclic) bond motifs is 5. The van der Waals surface area contributed by atoms with Crippen LogP contribution in [0.15, 0.2) is 4.79 Å². The Labute approximate surface area is 76.0 Å². The van der Waals surface area contributed by atoms with Crippen molar-refractivity contribution in [3.8, 4) is 0 Å². The van der Waals surface area contributed by atoms with Crippen LogP contribution in [0.4, 0.5) is 0 Å². The molecule has 2 unspecified atom stereocenters. The fraction of sp³-hybridized carbons (Fsp3) is 0.625. The molecule has 2 aliphatic rings. The lowest BCUT2D eigenvalue weighted by Gasteiger charge is -2.06. The van der Waals surface area contributed by atoms with Gasteiger partial charge in [0.25, 0.3) is 5.56 Å². The van der Waals surface area contributed by atoms with Crippen LogP contribution >= 0.6 is 12.4 Å². The van der Waals surface area contributed by atoms with Crippen molar-refractivity contribution >= 4 is 12.4 Å². The maximum absolute atomic E-state index is 11.2. The van der Waals surface area contributed by atoms with Crippen LogP contribution in [-0.2, 0) is 0 Å². The fourth-order valence-electron chi connectivity index (χ4n) is 2.61. The summed E-state index contributed by atoms with van der Waals surface area (Å²) in [4.78, 5) is 11.2. The van der Waals surface area contributed by atoms with Gasteiger partial charge >= 0.3 is 0 Å². The van der Waals surface area contributed by atoms with Crippen LogP contribution in [0.1, 0.15) is 42.4 Å². The molecule has 1 heterocycles. The number of aromatic nitrogens is 2. The summed E-state index contributed by atoms with van der Waals surface area (Å²) >= 11 is 0. The van der Waals surface area contributed by atoms with Gasteiger partial charge in [-0.15, -0.1) is 12.4 Å². The van der Waals surface area contributed by atoms with E-state index >= 15 is 0 Å². The van der Waals surface area contributed by atoms with Crippen molar-refractivity contribution < 1.29 is 0 Å². The summed E-state index contributed by atoms with van der Waals surface area (Å²) in [6, 6.07) is 0. The standard InChI is InChI=1S/C8H10N2O.ClH/c11-8-6-4-1-2-5(3-4)7(6)9-10-8;/h4-5H,1-3H2,(H2,9,10,11);1H. The lowest BCUT2D eigenvalue weighted by Crippen LogP contribution is -2.08. The van der Waals surface area contributed by atoms with Crippen molar-refractivity contribution in [2.75, 3.05) is 0 Å². The van der Waals surface area contributed by atoms with Gasteiger partial charge in [0.15, 0.2) is 0 Å². The van der Waals surface area contributed by atoms with E-state index in [-0.39, 0.29) is 18.0 Å². The third kappa shape index (κ3) is 0.746. The summed E-state index contributed by atoms with van der Waals surface area (Å²) in [5.41, 5.74) is 2.37. The minimum Gasteiger partial charge on any atom is -0.302 e. The van der Waals surface area contributed by atoms with Crippen LogP contribution in [0.25, 0.3) is 0 Å². The van der Waals surface area contributed by atoms with E-state index < -0.39 is 0 Å². The monoisotopic (exact) mass is 186 g/mol. The molecule has 4 heteroatoms. The average Bonchev–Trinajstić information content (AvgIpc) is 2.60. The first kappa shape index (κ1) is 7.92. The van der Waals surface area contributed by atoms with Gasteiger partial charge in [0.2, 0.25) is 0 Å². The zero-order valence-corrected chi connectivity index (χ0v) is 7.41. The highest BCUT2D eigenvalue weighted by Gasteiger charge is 2.40. The Morgan fingerprint density at radius 2 is 1.92 bits per heavy atom. The molecule has 66 valence electrons. The van der Waals surface area contributed by atoms with Gasteiger partial charge in [-0.1, -0.05) is 0 Å². The highest BCUT2D eigenvalue weighted by molar-refractivity contribution is 5.85. The second-order valence-electron chi connectivity index (χ2n) is 3.61. The van der Waals surface area contributed by atoms with E-state index in [0.717, 1.165) is 5.56 Å². The average molecular weight is 187 g/mol. The molecular formula is C8H11ClN2O. The Bertz CT molecular complexity index is 354. The van der Waals surface area contributed by atoms with Gasteiger partial charge in [-0.3, -0.25) is 9.89 Å². The van der Waals surface area contributed by atoms with Crippen LogP contribution < -0.4 is 5.56 Å². The minimum absolute atomic E-state index is 0.